The molecule has 1 aromatic heterocycles. The van der Waals surface area contributed by atoms with Gasteiger partial charge >= 0.3 is 5.97 Å². The Morgan fingerprint density at radius 1 is 1.12 bits per heavy atom. The molecule has 6 heteroatoms. The number of nitrogens with one attached hydrogen (secondary N) is 1. The Labute approximate surface area is 193 Å². The second kappa shape index (κ2) is 9.74. The van der Waals surface area contributed by atoms with Crippen molar-refractivity contribution in [1.29, 1.82) is 0 Å². The van der Waals surface area contributed by atoms with Crippen LogP contribution in [0, 0.1) is 12.8 Å². The molecule has 1 fully saturated rings. The molecule has 168 valence electrons. The van der Waals surface area contributed by atoms with Gasteiger partial charge in [0.05, 0.1) is 12.5 Å². The molecule has 2 aromatic carbocycles. The number of aliphatic carboxylic acids is 1. The van der Waals surface area contributed by atoms with Gasteiger partial charge in [-0.25, -0.2) is 0 Å². The minimum Gasteiger partial charge on any atom is -0.481 e. The number of aryl methyl sites for hydroxylation is 1. The molecule has 1 saturated carbocycles. The Kier molecular flexibility index (Phi) is 6.80. The predicted octanol–water partition coefficient (Wildman–Crippen LogP) is 6.10. The average molecular weight is 451 g/mol. The minimum absolute atomic E-state index is 0.0561. The summed E-state index contributed by atoms with van der Waals surface area (Å²) < 4.78 is 1.33. The number of rotatable bonds is 8. The van der Waals surface area contributed by atoms with Crippen molar-refractivity contribution in [3.63, 3.8) is 0 Å². The Morgan fingerprint density at radius 3 is 2.47 bits per heavy atom. The van der Waals surface area contributed by atoms with Gasteiger partial charge in [0, 0.05) is 34.4 Å². The fourth-order valence-electron chi connectivity index (χ4n) is 4.65. The Hall–Kier alpha value is -2.86. The number of hydrogen-bond donors (Lipinski definition) is 2. The SMILES string of the molecule is Cc1c(C(Nc2ccc(C(=O)N(C)CCC(=O)O)cc2)C2CCCC2)sc2ccccc12. The maximum absolute atomic E-state index is 12.6. The summed E-state index contributed by atoms with van der Waals surface area (Å²) in [4.78, 5) is 26.2. The lowest BCUT2D eigenvalue weighted by Gasteiger charge is -2.26. The Balaban J connectivity index is 1.54. The third kappa shape index (κ3) is 4.80. The molecule has 0 radical (unpaired) electrons. The van der Waals surface area contributed by atoms with Crippen molar-refractivity contribution in [3.05, 3.63) is 64.5 Å². The van der Waals surface area contributed by atoms with E-state index in [0.29, 0.717) is 11.5 Å². The lowest BCUT2D eigenvalue weighted by molar-refractivity contribution is -0.137. The quantitative estimate of drug-likeness (QED) is 0.435. The molecule has 3 aromatic rings. The summed E-state index contributed by atoms with van der Waals surface area (Å²) in [6.45, 7) is 2.43. The van der Waals surface area contributed by atoms with Crippen LogP contribution in [0.25, 0.3) is 10.1 Å². The van der Waals surface area contributed by atoms with Crippen LogP contribution in [-0.4, -0.2) is 35.5 Å². The first-order valence-corrected chi connectivity index (χ1v) is 12.1. The zero-order chi connectivity index (χ0) is 22.7. The van der Waals surface area contributed by atoms with Gasteiger partial charge in [-0.2, -0.15) is 0 Å². The van der Waals surface area contributed by atoms with Gasteiger partial charge < -0.3 is 15.3 Å². The molecule has 1 unspecified atom stereocenters. The van der Waals surface area contributed by atoms with E-state index in [1.54, 1.807) is 7.05 Å². The van der Waals surface area contributed by atoms with Crippen molar-refractivity contribution in [1.82, 2.24) is 4.90 Å². The van der Waals surface area contributed by atoms with Crippen molar-refractivity contribution in [2.24, 2.45) is 5.92 Å². The molecule has 5 nitrogen and oxygen atoms in total. The van der Waals surface area contributed by atoms with E-state index in [1.807, 2.05) is 35.6 Å². The van der Waals surface area contributed by atoms with Crippen LogP contribution in [0.15, 0.2) is 48.5 Å². The van der Waals surface area contributed by atoms with Crippen molar-refractivity contribution in [2.45, 2.75) is 45.1 Å². The third-order valence-corrected chi connectivity index (χ3v) is 7.85. The number of nitrogens with zero attached hydrogens (tertiary/aromatic N) is 1. The molecule has 0 spiro atoms. The number of thiophene rings is 1. The highest BCUT2D eigenvalue weighted by atomic mass is 32.1. The predicted molar refractivity (Wildman–Crippen MR) is 131 cm³/mol. The summed E-state index contributed by atoms with van der Waals surface area (Å²) in [7, 11) is 1.64. The standard InChI is InChI=1S/C26H30N2O3S/c1-17-21-9-5-6-10-22(21)32-25(17)24(18-7-3-4-8-18)27-20-13-11-19(12-14-20)26(31)28(2)16-15-23(29)30/h5-6,9-14,18,24,27H,3-4,7-8,15-16H2,1-2H3,(H,29,30). The lowest BCUT2D eigenvalue weighted by atomic mass is 9.94. The largest absolute Gasteiger partial charge is 0.481 e. The van der Waals surface area contributed by atoms with Crippen LogP contribution in [0.4, 0.5) is 5.69 Å². The number of anilines is 1. The molecule has 1 atom stereocenters. The van der Waals surface area contributed by atoms with Gasteiger partial charge in [-0.3, -0.25) is 9.59 Å². The molecule has 1 aliphatic carbocycles. The highest BCUT2D eigenvalue weighted by molar-refractivity contribution is 7.19. The monoisotopic (exact) mass is 450 g/mol. The van der Waals surface area contributed by atoms with Crippen molar-refractivity contribution < 1.29 is 14.7 Å². The van der Waals surface area contributed by atoms with E-state index in [0.717, 1.165) is 5.69 Å². The van der Waals surface area contributed by atoms with E-state index in [-0.39, 0.29) is 24.9 Å². The number of carbonyl (C=O) groups is 2. The van der Waals surface area contributed by atoms with Gasteiger partial charge in [-0.1, -0.05) is 31.0 Å². The normalized spacial score (nSPS) is 15.1. The summed E-state index contributed by atoms with van der Waals surface area (Å²) in [5, 5.41) is 14.0. The van der Waals surface area contributed by atoms with E-state index >= 15 is 0 Å². The summed E-state index contributed by atoms with van der Waals surface area (Å²) >= 11 is 1.89. The molecule has 1 amide bonds. The van der Waals surface area contributed by atoms with Gasteiger partial charge in [-0.05, 0) is 67.0 Å². The van der Waals surface area contributed by atoms with Crippen LogP contribution < -0.4 is 5.32 Å². The second-order valence-electron chi connectivity index (χ2n) is 8.70. The van der Waals surface area contributed by atoms with E-state index in [2.05, 4.69) is 36.5 Å². The molecule has 1 aliphatic rings. The van der Waals surface area contributed by atoms with Crippen LogP contribution in [0.2, 0.25) is 0 Å². The summed E-state index contributed by atoms with van der Waals surface area (Å²) in [6, 6.07) is 16.4. The molecule has 0 aliphatic heterocycles. The van der Waals surface area contributed by atoms with Crippen LogP contribution in [0.3, 0.4) is 0 Å². The lowest BCUT2D eigenvalue weighted by Crippen LogP contribution is -2.29. The first-order chi connectivity index (χ1) is 15.4. The van der Waals surface area contributed by atoms with Crippen LogP contribution >= 0.6 is 11.3 Å². The number of carboxylic acids is 1. The van der Waals surface area contributed by atoms with Gasteiger partial charge in [0.15, 0.2) is 0 Å². The minimum atomic E-state index is -0.904. The zero-order valence-electron chi connectivity index (χ0n) is 18.6. The van der Waals surface area contributed by atoms with Crippen LogP contribution in [-0.2, 0) is 4.79 Å². The maximum atomic E-state index is 12.6. The molecular formula is C26H30N2O3S. The number of carbonyl (C=O) groups excluding carboxylic acids is 1. The summed E-state index contributed by atoms with van der Waals surface area (Å²) in [5.41, 5.74) is 2.93. The zero-order valence-corrected chi connectivity index (χ0v) is 19.5. The summed E-state index contributed by atoms with van der Waals surface area (Å²) in [6.07, 6.45) is 4.97. The van der Waals surface area contributed by atoms with Gasteiger partial charge in [0.1, 0.15) is 0 Å². The summed E-state index contributed by atoms with van der Waals surface area (Å²) in [5.74, 6) is -0.464. The molecule has 4 rings (SSSR count). The number of carboxylic acid groups (broad SMARTS) is 1. The van der Waals surface area contributed by atoms with Gasteiger partial charge in [-0.15, -0.1) is 11.3 Å². The number of hydrogen-bond acceptors (Lipinski definition) is 4. The van der Waals surface area contributed by atoms with Crippen molar-refractivity contribution in [3.8, 4) is 0 Å². The Bertz CT molecular complexity index is 1100. The molecular weight excluding hydrogens is 420 g/mol. The maximum Gasteiger partial charge on any atom is 0.305 e. The number of benzene rings is 2. The molecule has 0 saturated heterocycles. The van der Waals surface area contributed by atoms with Crippen LogP contribution in [0.1, 0.15) is 58.9 Å². The van der Waals surface area contributed by atoms with Crippen molar-refractivity contribution in [2.75, 3.05) is 18.9 Å². The topological polar surface area (TPSA) is 69.6 Å². The molecule has 32 heavy (non-hydrogen) atoms. The fourth-order valence-corrected chi connectivity index (χ4v) is 6.01. The molecule has 0 bridgehead atoms. The third-order valence-electron chi connectivity index (χ3n) is 6.50. The van der Waals surface area contributed by atoms with Crippen LogP contribution in [0.5, 0.6) is 0 Å². The first kappa shape index (κ1) is 22.3. The fraction of sp³-hybridized carbons (Fsp3) is 0.385. The highest BCUT2D eigenvalue weighted by Gasteiger charge is 2.29. The van der Waals surface area contributed by atoms with Gasteiger partial charge in [0.2, 0.25) is 0 Å². The van der Waals surface area contributed by atoms with E-state index in [1.165, 1.54) is 51.1 Å². The van der Waals surface area contributed by atoms with E-state index < -0.39 is 5.97 Å². The molecule has 2 N–H and O–H groups in total. The first-order valence-electron chi connectivity index (χ1n) is 11.3. The smallest absolute Gasteiger partial charge is 0.305 e. The van der Waals surface area contributed by atoms with E-state index in [4.69, 9.17) is 5.11 Å². The highest BCUT2D eigenvalue weighted by Crippen LogP contribution is 2.44. The van der Waals surface area contributed by atoms with E-state index in [9.17, 15) is 9.59 Å². The second-order valence-corrected chi connectivity index (χ2v) is 9.79. The number of fused-ring (bicyclic) bond motifs is 1. The molecule has 1 heterocycles. The average Bonchev–Trinajstić information content (AvgIpc) is 3.44. The Morgan fingerprint density at radius 2 is 1.81 bits per heavy atom. The van der Waals surface area contributed by atoms with Gasteiger partial charge in [0.25, 0.3) is 5.91 Å². The van der Waals surface area contributed by atoms with Crippen molar-refractivity contribution >= 4 is 39.0 Å². The number of amides is 1.